The molecule has 1 fully saturated rings. The predicted molar refractivity (Wildman–Crippen MR) is 83.0 cm³/mol. The maximum atomic E-state index is 12.5. The first-order valence-electron chi connectivity index (χ1n) is 7.38. The van der Waals surface area contributed by atoms with Gasteiger partial charge in [-0.15, -0.1) is 0 Å². The van der Waals surface area contributed by atoms with Crippen LogP contribution in [0.2, 0.25) is 0 Å². The maximum absolute atomic E-state index is 12.5. The van der Waals surface area contributed by atoms with Gasteiger partial charge in [0.15, 0.2) is 0 Å². The van der Waals surface area contributed by atoms with Crippen LogP contribution in [-0.4, -0.2) is 37.5 Å². The molecule has 1 aromatic rings. The van der Waals surface area contributed by atoms with Crippen LogP contribution >= 0.6 is 0 Å². The summed E-state index contributed by atoms with van der Waals surface area (Å²) in [4.78, 5) is 0. The molecule has 1 aromatic carbocycles. The summed E-state index contributed by atoms with van der Waals surface area (Å²) in [6, 6.07) is 7.50. The molecule has 1 aliphatic rings. The van der Waals surface area contributed by atoms with Crippen LogP contribution in [0.4, 0.5) is 0 Å². The van der Waals surface area contributed by atoms with Crippen molar-refractivity contribution in [3.63, 3.8) is 0 Å². The SMILES string of the molecule is Cc1ccccc1C(C)NS(=O)(=O)N1CCCC(CO)C1. The van der Waals surface area contributed by atoms with E-state index >= 15 is 0 Å². The first-order valence-corrected chi connectivity index (χ1v) is 8.82. The lowest BCUT2D eigenvalue weighted by Gasteiger charge is -2.32. The molecule has 0 spiro atoms. The zero-order valence-corrected chi connectivity index (χ0v) is 13.4. The molecule has 1 heterocycles. The zero-order chi connectivity index (χ0) is 15.5. The van der Waals surface area contributed by atoms with Gasteiger partial charge in [0.2, 0.25) is 0 Å². The molecule has 0 amide bonds. The highest BCUT2D eigenvalue weighted by Crippen LogP contribution is 2.21. The molecule has 2 unspecified atom stereocenters. The second-order valence-corrected chi connectivity index (χ2v) is 7.45. The fourth-order valence-corrected chi connectivity index (χ4v) is 4.33. The van der Waals surface area contributed by atoms with Gasteiger partial charge in [-0.1, -0.05) is 24.3 Å². The third-order valence-corrected chi connectivity index (χ3v) is 5.72. The molecule has 0 saturated carbocycles. The van der Waals surface area contributed by atoms with Crippen molar-refractivity contribution in [2.45, 2.75) is 32.7 Å². The van der Waals surface area contributed by atoms with Crippen LogP contribution in [0, 0.1) is 12.8 Å². The fraction of sp³-hybridized carbons (Fsp3) is 0.600. The summed E-state index contributed by atoms with van der Waals surface area (Å²) in [5.74, 6) is 0.0455. The third-order valence-electron chi connectivity index (χ3n) is 4.06. The number of aliphatic hydroxyl groups excluding tert-OH is 1. The van der Waals surface area contributed by atoms with Crippen LogP contribution in [0.3, 0.4) is 0 Å². The van der Waals surface area contributed by atoms with Crippen molar-refractivity contribution in [3.05, 3.63) is 35.4 Å². The van der Waals surface area contributed by atoms with E-state index in [1.54, 1.807) is 0 Å². The molecule has 0 aromatic heterocycles. The van der Waals surface area contributed by atoms with Gasteiger partial charge in [-0.2, -0.15) is 17.4 Å². The summed E-state index contributed by atoms with van der Waals surface area (Å²) in [6.07, 6.45) is 1.68. The Morgan fingerprint density at radius 3 is 2.81 bits per heavy atom. The molecule has 0 radical (unpaired) electrons. The lowest BCUT2D eigenvalue weighted by molar-refractivity contribution is 0.164. The number of hydrogen-bond donors (Lipinski definition) is 2. The monoisotopic (exact) mass is 312 g/mol. The van der Waals surface area contributed by atoms with Crippen molar-refractivity contribution >= 4 is 10.2 Å². The van der Waals surface area contributed by atoms with Crippen LogP contribution in [0.25, 0.3) is 0 Å². The molecule has 2 N–H and O–H groups in total. The predicted octanol–water partition coefficient (Wildman–Crippen LogP) is 1.59. The highest BCUT2D eigenvalue weighted by Gasteiger charge is 2.29. The van der Waals surface area contributed by atoms with Crippen LogP contribution < -0.4 is 4.72 Å². The Labute approximate surface area is 127 Å². The van der Waals surface area contributed by atoms with Gasteiger partial charge in [0.1, 0.15) is 0 Å². The highest BCUT2D eigenvalue weighted by atomic mass is 32.2. The Bertz CT molecular complexity index is 574. The molecular formula is C15H24N2O3S. The van der Waals surface area contributed by atoms with E-state index in [9.17, 15) is 13.5 Å². The lowest BCUT2D eigenvalue weighted by Crippen LogP contribution is -2.47. The minimum Gasteiger partial charge on any atom is -0.396 e. The number of rotatable bonds is 5. The standard InChI is InChI=1S/C15H24N2O3S/c1-12-6-3-4-8-15(12)13(2)16-21(19,20)17-9-5-7-14(10-17)11-18/h3-4,6,8,13-14,16,18H,5,7,9-11H2,1-2H3. The Morgan fingerprint density at radius 2 is 2.14 bits per heavy atom. The van der Waals surface area contributed by atoms with Crippen LogP contribution in [0.1, 0.15) is 36.9 Å². The third kappa shape index (κ3) is 4.03. The normalized spacial score (nSPS) is 22.1. The number of nitrogens with one attached hydrogen (secondary N) is 1. The average Bonchev–Trinajstić information content (AvgIpc) is 2.47. The molecule has 21 heavy (non-hydrogen) atoms. The zero-order valence-electron chi connectivity index (χ0n) is 12.6. The van der Waals surface area contributed by atoms with E-state index < -0.39 is 10.2 Å². The second kappa shape index (κ2) is 6.87. The summed E-state index contributed by atoms with van der Waals surface area (Å²) < 4.78 is 29.1. The van der Waals surface area contributed by atoms with Crippen molar-refractivity contribution < 1.29 is 13.5 Å². The molecule has 5 nitrogen and oxygen atoms in total. The maximum Gasteiger partial charge on any atom is 0.280 e. The van der Waals surface area contributed by atoms with Gasteiger partial charge in [-0.05, 0) is 43.7 Å². The van der Waals surface area contributed by atoms with Gasteiger partial charge in [0.25, 0.3) is 10.2 Å². The summed E-state index contributed by atoms with van der Waals surface area (Å²) >= 11 is 0. The molecular weight excluding hydrogens is 288 g/mol. The van der Waals surface area contributed by atoms with Gasteiger partial charge >= 0.3 is 0 Å². The minimum absolute atomic E-state index is 0.0410. The molecule has 1 saturated heterocycles. The molecule has 0 aliphatic carbocycles. The summed E-state index contributed by atoms with van der Waals surface area (Å²) in [6.45, 7) is 4.79. The summed E-state index contributed by atoms with van der Waals surface area (Å²) in [5.41, 5.74) is 2.05. The number of aryl methyl sites for hydroxylation is 1. The van der Waals surface area contributed by atoms with Crippen LogP contribution in [0.5, 0.6) is 0 Å². The van der Waals surface area contributed by atoms with E-state index in [-0.39, 0.29) is 18.6 Å². The van der Waals surface area contributed by atoms with Crippen molar-refractivity contribution in [2.24, 2.45) is 5.92 Å². The largest absolute Gasteiger partial charge is 0.396 e. The quantitative estimate of drug-likeness (QED) is 0.867. The van der Waals surface area contributed by atoms with Gasteiger partial charge in [-0.3, -0.25) is 0 Å². The van der Waals surface area contributed by atoms with E-state index in [4.69, 9.17) is 0 Å². The van der Waals surface area contributed by atoms with Gasteiger partial charge in [0, 0.05) is 25.7 Å². The molecule has 2 atom stereocenters. The molecule has 0 bridgehead atoms. The number of hydrogen-bond acceptors (Lipinski definition) is 3. The lowest BCUT2D eigenvalue weighted by atomic mass is 10.0. The van der Waals surface area contributed by atoms with Crippen molar-refractivity contribution in [1.29, 1.82) is 0 Å². The number of nitrogens with zero attached hydrogens (tertiary/aromatic N) is 1. The van der Waals surface area contributed by atoms with E-state index in [1.807, 2.05) is 38.1 Å². The summed E-state index contributed by atoms with van der Waals surface area (Å²) in [5, 5.41) is 9.23. The van der Waals surface area contributed by atoms with E-state index in [1.165, 1.54) is 4.31 Å². The second-order valence-electron chi connectivity index (χ2n) is 5.75. The van der Waals surface area contributed by atoms with E-state index in [0.29, 0.717) is 13.1 Å². The number of benzene rings is 1. The highest BCUT2D eigenvalue weighted by molar-refractivity contribution is 7.87. The van der Waals surface area contributed by atoms with Crippen molar-refractivity contribution in [3.8, 4) is 0 Å². The molecule has 6 heteroatoms. The Balaban J connectivity index is 2.08. The van der Waals surface area contributed by atoms with E-state index in [0.717, 1.165) is 24.0 Å². The number of aliphatic hydroxyl groups is 1. The topological polar surface area (TPSA) is 69.6 Å². The molecule has 118 valence electrons. The minimum atomic E-state index is -3.52. The molecule has 2 rings (SSSR count). The average molecular weight is 312 g/mol. The summed E-state index contributed by atoms with van der Waals surface area (Å²) in [7, 11) is -3.52. The van der Waals surface area contributed by atoms with E-state index in [2.05, 4.69) is 4.72 Å². The Kier molecular flexibility index (Phi) is 5.37. The first kappa shape index (κ1) is 16.4. The smallest absolute Gasteiger partial charge is 0.280 e. The van der Waals surface area contributed by atoms with Gasteiger partial charge < -0.3 is 5.11 Å². The fourth-order valence-electron chi connectivity index (χ4n) is 2.83. The Morgan fingerprint density at radius 1 is 1.43 bits per heavy atom. The van der Waals surface area contributed by atoms with Crippen molar-refractivity contribution in [2.75, 3.05) is 19.7 Å². The first-order chi connectivity index (χ1) is 9.94. The Hall–Kier alpha value is -0.950. The van der Waals surface area contributed by atoms with Crippen molar-refractivity contribution in [1.82, 2.24) is 9.03 Å². The van der Waals surface area contributed by atoms with Crippen LogP contribution in [0.15, 0.2) is 24.3 Å². The van der Waals surface area contributed by atoms with Crippen LogP contribution in [-0.2, 0) is 10.2 Å². The van der Waals surface area contributed by atoms with Gasteiger partial charge in [-0.25, -0.2) is 0 Å². The number of piperidine rings is 1. The molecule has 1 aliphatic heterocycles. The van der Waals surface area contributed by atoms with Gasteiger partial charge in [0.05, 0.1) is 0 Å².